The van der Waals surface area contributed by atoms with E-state index >= 15 is 0 Å². The van der Waals surface area contributed by atoms with Gasteiger partial charge < -0.3 is 5.32 Å². The fourth-order valence-corrected chi connectivity index (χ4v) is 1.60. The van der Waals surface area contributed by atoms with Crippen LogP contribution in [-0.2, 0) is 20.0 Å². The van der Waals surface area contributed by atoms with Gasteiger partial charge in [0.1, 0.15) is 12.2 Å². The molecule has 0 saturated carbocycles. The zero-order valence-corrected chi connectivity index (χ0v) is 9.56. The highest BCUT2D eigenvalue weighted by Crippen LogP contribution is 2.03. The van der Waals surface area contributed by atoms with Crippen molar-refractivity contribution >= 4 is 0 Å². The Labute approximate surface area is 94.1 Å². The first kappa shape index (κ1) is 10.8. The van der Waals surface area contributed by atoms with Crippen molar-refractivity contribution in [2.45, 2.75) is 19.9 Å². The third-order valence-electron chi connectivity index (χ3n) is 2.43. The second-order valence-electron chi connectivity index (χ2n) is 3.77. The Kier molecular flexibility index (Phi) is 3.31. The highest BCUT2D eigenvalue weighted by molar-refractivity contribution is 5.14. The minimum absolute atomic E-state index is 0.841. The molecule has 0 saturated heterocycles. The molecule has 0 radical (unpaired) electrons. The second-order valence-corrected chi connectivity index (χ2v) is 3.77. The summed E-state index contributed by atoms with van der Waals surface area (Å²) in [4.78, 5) is 4.06. The predicted octanol–water partition coefficient (Wildman–Crippen LogP) is 0.179. The van der Waals surface area contributed by atoms with Crippen molar-refractivity contribution in [3.63, 3.8) is 0 Å². The Morgan fingerprint density at radius 1 is 1.50 bits per heavy atom. The summed E-state index contributed by atoms with van der Waals surface area (Å²) in [7, 11) is 1.94. The normalized spacial score (nSPS) is 10.9. The van der Waals surface area contributed by atoms with Crippen molar-refractivity contribution in [2.24, 2.45) is 7.05 Å². The van der Waals surface area contributed by atoms with Crippen LogP contribution in [0.15, 0.2) is 12.5 Å². The Morgan fingerprint density at radius 3 is 3.00 bits per heavy atom. The first-order chi connectivity index (χ1) is 7.75. The van der Waals surface area contributed by atoms with Gasteiger partial charge in [0.25, 0.3) is 0 Å². The smallest absolute Gasteiger partial charge is 0.137 e. The van der Waals surface area contributed by atoms with Gasteiger partial charge in [0, 0.05) is 38.3 Å². The Balaban J connectivity index is 1.74. The van der Waals surface area contributed by atoms with Crippen LogP contribution in [0, 0.1) is 6.92 Å². The molecular weight excluding hydrogens is 204 g/mol. The van der Waals surface area contributed by atoms with Gasteiger partial charge in [-0.1, -0.05) is 0 Å². The van der Waals surface area contributed by atoms with Gasteiger partial charge >= 0.3 is 0 Å². The predicted molar refractivity (Wildman–Crippen MR) is 59.7 cm³/mol. The summed E-state index contributed by atoms with van der Waals surface area (Å²) >= 11 is 0. The molecule has 0 aliphatic heterocycles. The number of nitrogens with zero attached hydrogens (tertiary/aromatic N) is 4. The van der Waals surface area contributed by atoms with E-state index in [4.69, 9.17) is 0 Å². The summed E-state index contributed by atoms with van der Waals surface area (Å²) in [6.07, 6.45) is 4.43. The van der Waals surface area contributed by atoms with Gasteiger partial charge in [-0.2, -0.15) is 10.2 Å². The van der Waals surface area contributed by atoms with Crippen LogP contribution in [0.25, 0.3) is 0 Å². The van der Waals surface area contributed by atoms with E-state index in [2.05, 4.69) is 25.6 Å². The molecule has 0 aliphatic carbocycles. The molecule has 86 valence electrons. The second kappa shape index (κ2) is 4.89. The first-order valence-electron chi connectivity index (χ1n) is 5.30. The van der Waals surface area contributed by atoms with E-state index in [9.17, 15) is 0 Å². The van der Waals surface area contributed by atoms with E-state index < -0.39 is 0 Å². The monoisotopic (exact) mass is 220 g/mol. The van der Waals surface area contributed by atoms with E-state index in [0.717, 1.165) is 31.0 Å². The lowest BCUT2D eigenvalue weighted by atomic mass is 10.2. The van der Waals surface area contributed by atoms with Crippen LogP contribution in [0.5, 0.6) is 0 Å². The summed E-state index contributed by atoms with van der Waals surface area (Å²) < 4.78 is 1.84. The molecule has 6 nitrogen and oxygen atoms in total. The average molecular weight is 220 g/mol. The summed E-state index contributed by atoms with van der Waals surface area (Å²) in [6.45, 7) is 3.74. The molecule has 16 heavy (non-hydrogen) atoms. The molecule has 0 fully saturated rings. The molecule has 0 aromatic carbocycles. The zero-order valence-electron chi connectivity index (χ0n) is 9.56. The molecule has 2 aromatic heterocycles. The number of hydrogen-bond donors (Lipinski definition) is 2. The maximum absolute atomic E-state index is 4.29. The fourth-order valence-electron chi connectivity index (χ4n) is 1.60. The van der Waals surface area contributed by atoms with E-state index in [1.165, 1.54) is 11.9 Å². The zero-order chi connectivity index (χ0) is 11.4. The molecule has 0 amide bonds. The van der Waals surface area contributed by atoms with E-state index in [1.54, 1.807) is 0 Å². The first-order valence-corrected chi connectivity index (χ1v) is 5.30. The van der Waals surface area contributed by atoms with Gasteiger partial charge in [-0.25, -0.2) is 4.98 Å². The van der Waals surface area contributed by atoms with Gasteiger partial charge in [-0.3, -0.25) is 9.78 Å². The lowest BCUT2D eigenvalue weighted by molar-refractivity contribution is 0.669. The minimum atomic E-state index is 0.841. The molecule has 0 unspecified atom stereocenters. The topological polar surface area (TPSA) is 71.4 Å². The molecule has 2 aromatic rings. The van der Waals surface area contributed by atoms with Crippen molar-refractivity contribution in [1.29, 1.82) is 0 Å². The van der Waals surface area contributed by atoms with Gasteiger partial charge in [-0.05, 0) is 6.92 Å². The maximum atomic E-state index is 4.29. The van der Waals surface area contributed by atoms with Gasteiger partial charge in [0.2, 0.25) is 0 Å². The van der Waals surface area contributed by atoms with Crippen LogP contribution in [0.4, 0.5) is 0 Å². The molecule has 0 bridgehead atoms. The van der Waals surface area contributed by atoms with Crippen LogP contribution in [-0.4, -0.2) is 31.5 Å². The van der Waals surface area contributed by atoms with Crippen LogP contribution in [0.2, 0.25) is 0 Å². The number of rotatable bonds is 5. The fraction of sp³-hybridized carbons (Fsp3) is 0.500. The highest BCUT2D eigenvalue weighted by Gasteiger charge is 2.02. The van der Waals surface area contributed by atoms with Crippen LogP contribution in [0.3, 0.4) is 0 Å². The molecule has 6 heteroatoms. The molecule has 0 aliphatic rings. The molecule has 0 atom stereocenters. The van der Waals surface area contributed by atoms with Gasteiger partial charge in [0.05, 0.1) is 5.69 Å². The molecule has 2 heterocycles. The number of hydrogen-bond acceptors (Lipinski definition) is 4. The molecular formula is C10H16N6. The number of H-pyrrole nitrogens is 1. The summed E-state index contributed by atoms with van der Waals surface area (Å²) in [5, 5.41) is 14.3. The Morgan fingerprint density at radius 2 is 2.38 bits per heavy atom. The number of nitrogens with one attached hydrogen (secondary N) is 2. The van der Waals surface area contributed by atoms with Crippen molar-refractivity contribution in [3.8, 4) is 0 Å². The highest BCUT2D eigenvalue weighted by atomic mass is 15.3. The van der Waals surface area contributed by atoms with Crippen LogP contribution >= 0.6 is 0 Å². The molecule has 0 spiro atoms. The van der Waals surface area contributed by atoms with Crippen LogP contribution < -0.4 is 5.32 Å². The minimum Gasteiger partial charge on any atom is -0.312 e. The Bertz CT molecular complexity index is 430. The third-order valence-corrected chi connectivity index (χ3v) is 2.43. The lowest BCUT2D eigenvalue weighted by Crippen LogP contribution is -2.17. The summed E-state index contributed by atoms with van der Waals surface area (Å²) in [5.74, 6) is 0.912. The number of aryl methyl sites for hydroxylation is 2. The van der Waals surface area contributed by atoms with Gasteiger partial charge in [-0.15, -0.1) is 0 Å². The van der Waals surface area contributed by atoms with Crippen molar-refractivity contribution in [1.82, 2.24) is 30.3 Å². The summed E-state index contributed by atoms with van der Waals surface area (Å²) in [6, 6.07) is 0. The van der Waals surface area contributed by atoms with Crippen LogP contribution in [0.1, 0.15) is 17.1 Å². The van der Waals surface area contributed by atoms with Crippen molar-refractivity contribution in [2.75, 3.05) is 6.54 Å². The third kappa shape index (κ3) is 2.66. The largest absolute Gasteiger partial charge is 0.312 e. The summed E-state index contributed by atoms with van der Waals surface area (Å²) in [5.41, 5.74) is 2.31. The SMILES string of the molecule is Cc1nn(C)cc1CNCCc1ncn[nH]1. The van der Waals surface area contributed by atoms with Crippen molar-refractivity contribution < 1.29 is 0 Å². The van der Waals surface area contributed by atoms with Gasteiger partial charge in [0.15, 0.2) is 0 Å². The molecule has 2 N–H and O–H groups in total. The van der Waals surface area contributed by atoms with Crippen molar-refractivity contribution in [3.05, 3.63) is 29.6 Å². The number of aromatic nitrogens is 5. The average Bonchev–Trinajstić information content (AvgIpc) is 2.84. The van der Waals surface area contributed by atoms with E-state index in [0.29, 0.717) is 0 Å². The van der Waals surface area contributed by atoms with E-state index in [1.807, 2.05) is 24.9 Å². The maximum Gasteiger partial charge on any atom is 0.137 e. The van der Waals surface area contributed by atoms with E-state index in [-0.39, 0.29) is 0 Å². The quantitative estimate of drug-likeness (QED) is 0.705. The Hall–Kier alpha value is -1.69. The lowest BCUT2D eigenvalue weighted by Gasteiger charge is -2.01. The molecule has 2 rings (SSSR count). The standard InChI is InChI=1S/C10H16N6/c1-8-9(6-16(2)15-8)5-11-4-3-10-12-7-13-14-10/h6-7,11H,3-5H2,1-2H3,(H,12,13,14). The number of aromatic amines is 1.